The van der Waals surface area contributed by atoms with E-state index in [9.17, 15) is 18.4 Å². The van der Waals surface area contributed by atoms with Gasteiger partial charge >= 0.3 is 6.61 Å². The number of nitrogens with one attached hydrogen (secondary N) is 2. The van der Waals surface area contributed by atoms with E-state index in [0.29, 0.717) is 17.8 Å². The van der Waals surface area contributed by atoms with Crippen molar-refractivity contribution in [2.45, 2.75) is 26.4 Å². The zero-order valence-corrected chi connectivity index (χ0v) is 13.6. The summed E-state index contributed by atoms with van der Waals surface area (Å²) >= 11 is 0. The number of carbonyl (C=O) groups excluding carboxylic acids is 2. The molecule has 0 heterocycles. The smallest absolute Gasteiger partial charge is 0.387 e. The molecule has 2 amide bonds. The molecule has 0 unspecified atom stereocenters. The molecule has 2 aromatic carbocycles. The molecule has 7 heteroatoms. The number of benzene rings is 2. The third-order valence-electron chi connectivity index (χ3n) is 3.28. The standard InChI is InChI=1S/C18H18F2N2O3/c1-12(23)21-14-5-7-15(8-6-14)22-17(24)11-4-13-2-9-16(10-3-13)25-18(19)20/h2-3,5-10,18H,4,11H2,1H3,(H,21,23)(H,22,24). The van der Waals surface area contributed by atoms with Crippen LogP contribution in [0.5, 0.6) is 5.75 Å². The highest BCUT2D eigenvalue weighted by Gasteiger charge is 2.06. The van der Waals surface area contributed by atoms with Crippen LogP contribution in [0, 0.1) is 0 Å². The average Bonchev–Trinajstić information content (AvgIpc) is 2.55. The molecule has 0 saturated carbocycles. The number of ether oxygens (including phenoxy) is 1. The lowest BCUT2D eigenvalue weighted by atomic mass is 10.1. The Morgan fingerprint density at radius 1 is 0.960 bits per heavy atom. The Labute approximate surface area is 144 Å². The summed E-state index contributed by atoms with van der Waals surface area (Å²) in [6, 6.07) is 13.0. The summed E-state index contributed by atoms with van der Waals surface area (Å²) in [5.74, 6) is -0.246. The zero-order chi connectivity index (χ0) is 18.2. The summed E-state index contributed by atoms with van der Waals surface area (Å²) in [5.41, 5.74) is 2.12. The van der Waals surface area contributed by atoms with Gasteiger partial charge in [0.2, 0.25) is 11.8 Å². The molecule has 2 aromatic rings. The molecular formula is C18H18F2N2O3. The van der Waals surface area contributed by atoms with Crippen LogP contribution in [0.2, 0.25) is 0 Å². The zero-order valence-electron chi connectivity index (χ0n) is 13.6. The Hall–Kier alpha value is -2.96. The summed E-state index contributed by atoms with van der Waals surface area (Å²) in [7, 11) is 0. The first-order chi connectivity index (χ1) is 11.9. The molecule has 0 radical (unpaired) electrons. The molecule has 0 saturated heterocycles. The van der Waals surface area contributed by atoms with Crippen molar-refractivity contribution < 1.29 is 23.1 Å². The van der Waals surface area contributed by atoms with Gasteiger partial charge in [0.05, 0.1) is 0 Å². The van der Waals surface area contributed by atoms with Crippen molar-refractivity contribution in [3.05, 3.63) is 54.1 Å². The van der Waals surface area contributed by atoms with Crippen LogP contribution in [-0.4, -0.2) is 18.4 Å². The van der Waals surface area contributed by atoms with Crippen LogP contribution in [0.4, 0.5) is 20.2 Å². The van der Waals surface area contributed by atoms with E-state index in [1.54, 1.807) is 36.4 Å². The minimum absolute atomic E-state index is 0.0856. The second-order valence-corrected chi connectivity index (χ2v) is 5.33. The largest absolute Gasteiger partial charge is 0.435 e. The predicted molar refractivity (Wildman–Crippen MR) is 90.8 cm³/mol. The molecule has 2 N–H and O–H groups in total. The van der Waals surface area contributed by atoms with Gasteiger partial charge in [0, 0.05) is 24.7 Å². The van der Waals surface area contributed by atoms with Gasteiger partial charge in [-0.1, -0.05) is 12.1 Å². The fourth-order valence-corrected chi connectivity index (χ4v) is 2.16. The molecule has 0 atom stereocenters. The van der Waals surface area contributed by atoms with Gasteiger partial charge in [-0.05, 0) is 48.4 Å². The van der Waals surface area contributed by atoms with E-state index in [1.807, 2.05) is 0 Å². The quantitative estimate of drug-likeness (QED) is 0.799. The normalized spacial score (nSPS) is 10.4. The van der Waals surface area contributed by atoms with Gasteiger partial charge < -0.3 is 15.4 Å². The van der Waals surface area contributed by atoms with E-state index >= 15 is 0 Å². The van der Waals surface area contributed by atoms with Gasteiger partial charge in [-0.2, -0.15) is 8.78 Å². The monoisotopic (exact) mass is 348 g/mol. The van der Waals surface area contributed by atoms with Gasteiger partial charge in [0.25, 0.3) is 0 Å². The number of amides is 2. The van der Waals surface area contributed by atoms with Crippen molar-refractivity contribution in [3.63, 3.8) is 0 Å². The van der Waals surface area contributed by atoms with Crippen molar-refractivity contribution in [1.82, 2.24) is 0 Å². The average molecular weight is 348 g/mol. The number of aryl methyl sites for hydroxylation is 1. The highest BCUT2D eigenvalue weighted by Crippen LogP contribution is 2.17. The van der Waals surface area contributed by atoms with Crippen LogP contribution in [0.3, 0.4) is 0 Å². The first kappa shape index (κ1) is 18.4. The predicted octanol–water partition coefficient (Wildman–Crippen LogP) is 3.82. The number of halogens is 2. The fraction of sp³-hybridized carbons (Fsp3) is 0.222. The molecule has 0 aliphatic heterocycles. The van der Waals surface area contributed by atoms with Crippen molar-refractivity contribution in [3.8, 4) is 5.75 Å². The summed E-state index contributed by atoms with van der Waals surface area (Å²) < 4.78 is 28.4. The molecule has 2 rings (SSSR count). The van der Waals surface area contributed by atoms with Crippen molar-refractivity contribution in [2.75, 3.05) is 10.6 Å². The first-order valence-corrected chi connectivity index (χ1v) is 7.63. The van der Waals surface area contributed by atoms with Crippen LogP contribution in [0.15, 0.2) is 48.5 Å². The van der Waals surface area contributed by atoms with Gasteiger partial charge in [-0.3, -0.25) is 9.59 Å². The van der Waals surface area contributed by atoms with E-state index in [2.05, 4.69) is 15.4 Å². The minimum atomic E-state index is -2.85. The molecular weight excluding hydrogens is 330 g/mol. The number of hydrogen-bond donors (Lipinski definition) is 2. The number of hydrogen-bond acceptors (Lipinski definition) is 3. The molecule has 5 nitrogen and oxygen atoms in total. The highest BCUT2D eigenvalue weighted by molar-refractivity contribution is 5.92. The van der Waals surface area contributed by atoms with Crippen LogP contribution in [0.25, 0.3) is 0 Å². The maximum atomic E-state index is 12.1. The Bertz CT molecular complexity index is 716. The van der Waals surface area contributed by atoms with E-state index in [-0.39, 0.29) is 24.0 Å². The number of carbonyl (C=O) groups is 2. The van der Waals surface area contributed by atoms with Crippen LogP contribution in [-0.2, 0) is 16.0 Å². The number of rotatable bonds is 7. The lowest BCUT2D eigenvalue weighted by molar-refractivity contribution is -0.116. The maximum Gasteiger partial charge on any atom is 0.387 e. The maximum absolute atomic E-state index is 12.1. The van der Waals surface area contributed by atoms with E-state index < -0.39 is 6.61 Å². The Morgan fingerprint density at radius 2 is 1.52 bits per heavy atom. The summed E-state index contributed by atoms with van der Waals surface area (Å²) in [5, 5.41) is 5.39. The lowest BCUT2D eigenvalue weighted by Gasteiger charge is -2.08. The van der Waals surface area contributed by atoms with Crippen molar-refractivity contribution >= 4 is 23.2 Å². The van der Waals surface area contributed by atoms with E-state index in [4.69, 9.17) is 0 Å². The second kappa shape index (κ2) is 8.77. The number of anilines is 2. The minimum Gasteiger partial charge on any atom is -0.435 e. The van der Waals surface area contributed by atoms with Crippen LogP contribution >= 0.6 is 0 Å². The number of alkyl halides is 2. The fourth-order valence-electron chi connectivity index (χ4n) is 2.16. The third kappa shape index (κ3) is 6.58. The molecule has 25 heavy (non-hydrogen) atoms. The first-order valence-electron chi connectivity index (χ1n) is 7.63. The Kier molecular flexibility index (Phi) is 6.45. The van der Waals surface area contributed by atoms with Crippen LogP contribution in [0.1, 0.15) is 18.9 Å². The van der Waals surface area contributed by atoms with E-state index in [0.717, 1.165) is 5.56 Å². The summed E-state index contributed by atoms with van der Waals surface area (Å²) in [4.78, 5) is 22.9. The molecule has 132 valence electrons. The Balaban J connectivity index is 1.81. The van der Waals surface area contributed by atoms with Gasteiger partial charge in [-0.25, -0.2) is 0 Å². The Morgan fingerprint density at radius 3 is 2.04 bits per heavy atom. The van der Waals surface area contributed by atoms with Crippen LogP contribution < -0.4 is 15.4 Å². The van der Waals surface area contributed by atoms with Crippen molar-refractivity contribution in [2.24, 2.45) is 0 Å². The topological polar surface area (TPSA) is 67.4 Å². The van der Waals surface area contributed by atoms with Gasteiger partial charge in [0.1, 0.15) is 5.75 Å². The third-order valence-corrected chi connectivity index (χ3v) is 3.28. The SMILES string of the molecule is CC(=O)Nc1ccc(NC(=O)CCc2ccc(OC(F)F)cc2)cc1. The highest BCUT2D eigenvalue weighted by atomic mass is 19.3. The molecule has 0 bridgehead atoms. The molecule has 0 spiro atoms. The summed E-state index contributed by atoms with van der Waals surface area (Å²) in [6.07, 6.45) is 0.729. The second-order valence-electron chi connectivity index (χ2n) is 5.33. The molecule has 0 aliphatic rings. The molecule has 0 aliphatic carbocycles. The molecule has 0 fully saturated rings. The lowest BCUT2D eigenvalue weighted by Crippen LogP contribution is -2.12. The summed E-state index contributed by atoms with van der Waals surface area (Å²) in [6.45, 7) is -1.43. The molecule has 0 aromatic heterocycles. The van der Waals surface area contributed by atoms with E-state index in [1.165, 1.54) is 19.1 Å². The van der Waals surface area contributed by atoms with Crippen molar-refractivity contribution in [1.29, 1.82) is 0 Å². The van der Waals surface area contributed by atoms with Gasteiger partial charge in [0.15, 0.2) is 0 Å². The van der Waals surface area contributed by atoms with Gasteiger partial charge in [-0.15, -0.1) is 0 Å².